The van der Waals surface area contributed by atoms with Crippen LogP contribution in [-0.2, 0) is 6.54 Å². The molecular weight excluding hydrogens is 288 g/mol. The molecule has 0 aliphatic heterocycles. The molecule has 0 fully saturated rings. The van der Waals surface area contributed by atoms with Gasteiger partial charge in [-0.05, 0) is 24.6 Å². The molecule has 0 N–H and O–H groups in total. The van der Waals surface area contributed by atoms with Gasteiger partial charge in [0.15, 0.2) is 12.7 Å². The first kappa shape index (κ1) is 14.9. The summed E-state index contributed by atoms with van der Waals surface area (Å²) in [4.78, 5) is 16.5. The molecule has 3 aromatic rings. The van der Waals surface area contributed by atoms with Gasteiger partial charge in [-0.25, -0.2) is 4.79 Å². The first-order valence-electron chi connectivity index (χ1n) is 7.38. The quantitative estimate of drug-likeness (QED) is 0.423. The molecule has 0 saturated carbocycles. The first-order valence-corrected chi connectivity index (χ1v) is 7.38. The average Bonchev–Trinajstić information content (AvgIpc) is 2.56. The highest BCUT2D eigenvalue weighted by molar-refractivity contribution is 5.87. The predicted molar refractivity (Wildman–Crippen MR) is 86.1 cm³/mol. The van der Waals surface area contributed by atoms with Crippen LogP contribution in [0.3, 0.4) is 0 Å². The van der Waals surface area contributed by atoms with Crippen molar-refractivity contribution in [2.24, 2.45) is 0 Å². The molecule has 0 bridgehead atoms. The normalized spacial score (nSPS) is 10.3. The molecule has 3 rings (SSSR count). The molecule has 23 heavy (non-hydrogen) atoms. The summed E-state index contributed by atoms with van der Waals surface area (Å²) < 4.78 is 7.29. The Hall–Kier alpha value is -3.01. The number of aryl methyl sites for hydroxylation is 1. The summed E-state index contributed by atoms with van der Waals surface area (Å²) in [6, 6.07) is 17.4. The summed E-state index contributed by atoms with van der Waals surface area (Å²) in [7, 11) is 0. The maximum atomic E-state index is 12.5. The number of aromatic nitrogens is 2. The Kier molecular flexibility index (Phi) is 4.43. The summed E-state index contributed by atoms with van der Waals surface area (Å²) in [6.45, 7) is 2.54. The molecule has 0 radical (unpaired) electrons. The lowest BCUT2D eigenvalue weighted by Crippen LogP contribution is -2.42. The first-order chi connectivity index (χ1) is 11.2. The van der Waals surface area contributed by atoms with Crippen molar-refractivity contribution in [2.45, 2.75) is 13.5 Å². The van der Waals surface area contributed by atoms with E-state index in [2.05, 4.69) is 4.98 Å². The number of esters is 1. The molecule has 0 unspecified atom stereocenters. The minimum Gasteiger partial charge on any atom is -0.419 e. The van der Waals surface area contributed by atoms with E-state index in [9.17, 15) is 4.79 Å². The van der Waals surface area contributed by atoms with Crippen molar-refractivity contribution < 1.29 is 14.1 Å². The summed E-state index contributed by atoms with van der Waals surface area (Å²) >= 11 is 0. The van der Waals surface area contributed by atoms with E-state index in [1.807, 2.05) is 60.0 Å². The highest BCUT2D eigenvalue weighted by Crippen LogP contribution is 2.13. The molecule has 0 amide bonds. The molecule has 114 valence electrons. The lowest BCUT2D eigenvalue weighted by atomic mass is 10.2. The van der Waals surface area contributed by atoms with Crippen LogP contribution in [0, 0.1) is 6.92 Å². The number of nitrogens with zero attached hydrogens (tertiary/aromatic N) is 2. The van der Waals surface area contributed by atoms with Crippen LogP contribution in [0.4, 0.5) is 0 Å². The molecule has 0 aliphatic rings. The lowest BCUT2D eigenvalue weighted by Gasteiger charge is -2.05. The zero-order chi connectivity index (χ0) is 16.1. The third-order valence-corrected chi connectivity index (χ3v) is 3.44. The van der Waals surface area contributed by atoms with Crippen molar-refractivity contribution in [1.82, 2.24) is 4.98 Å². The van der Waals surface area contributed by atoms with Crippen LogP contribution in [0.15, 0.2) is 73.2 Å². The molecule has 1 heterocycles. The Morgan fingerprint density at radius 1 is 1.13 bits per heavy atom. The van der Waals surface area contributed by atoms with Gasteiger partial charge >= 0.3 is 11.7 Å². The van der Waals surface area contributed by atoms with Crippen LogP contribution in [-0.4, -0.2) is 11.0 Å². The van der Waals surface area contributed by atoms with E-state index in [1.165, 1.54) is 6.20 Å². The van der Waals surface area contributed by atoms with Gasteiger partial charge in [-0.1, -0.05) is 42.5 Å². The van der Waals surface area contributed by atoms with Crippen molar-refractivity contribution in [3.63, 3.8) is 0 Å². The van der Waals surface area contributed by atoms with Crippen LogP contribution in [0.2, 0.25) is 0 Å². The minimum atomic E-state index is -0.417. The second-order valence-electron chi connectivity index (χ2n) is 5.28. The highest BCUT2D eigenvalue weighted by Gasteiger charge is 2.22. The smallest absolute Gasteiger partial charge is 0.410 e. The maximum Gasteiger partial charge on any atom is 0.410 e. The second-order valence-corrected chi connectivity index (χ2v) is 5.28. The minimum absolute atomic E-state index is 0.415. The molecule has 0 aliphatic carbocycles. The van der Waals surface area contributed by atoms with E-state index in [1.54, 1.807) is 18.5 Å². The summed E-state index contributed by atoms with van der Waals surface area (Å²) in [5.41, 5.74) is 2.56. The van der Waals surface area contributed by atoms with Gasteiger partial charge in [-0.15, -0.1) is 0 Å². The third-order valence-electron chi connectivity index (χ3n) is 3.44. The Morgan fingerprint density at radius 3 is 2.74 bits per heavy atom. The van der Waals surface area contributed by atoms with E-state index in [0.717, 1.165) is 11.1 Å². The number of benzene rings is 2. The lowest BCUT2D eigenvalue weighted by molar-refractivity contribution is -0.691. The fourth-order valence-electron chi connectivity index (χ4n) is 2.31. The van der Waals surface area contributed by atoms with Gasteiger partial charge in [-0.2, -0.15) is 4.57 Å². The Balaban J connectivity index is 1.83. The number of ether oxygens (including phenoxy) is 1. The van der Waals surface area contributed by atoms with Gasteiger partial charge in [0.2, 0.25) is 0 Å². The van der Waals surface area contributed by atoms with E-state index in [-0.39, 0.29) is 0 Å². The van der Waals surface area contributed by atoms with Crippen LogP contribution in [0.5, 0.6) is 5.75 Å². The van der Waals surface area contributed by atoms with Crippen LogP contribution in [0.25, 0.3) is 0 Å². The SMILES string of the molecule is Cc1cccc(OC(=O)c2cncc[n+]2Cc2ccccc2)c1. The van der Waals surface area contributed by atoms with Gasteiger partial charge in [0.1, 0.15) is 11.9 Å². The number of hydrogen-bond acceptors (Lipinski definition) is 3. The van der Waals surface area contributed by atoms with Gasteiger partial charge in [-0.3, -0.25) is 4.98 Å². The van der Waals surface area contributed by atoms with E-state index in [0.29, 0.717) is 18.0 Å². The molecule has 4 heteroatoms. The van der Waals surface area contributed by atoms with Crippen LogP contribution >= 0.6 is 0 Å². The fourth-order valence-corrected chi connectivity index (χ4v) is 2.31. The zero-order valence-corrected chi connectivity index (χ0v) is 12.8. The number of carbonyl (C=O) groups excluding carboxylic acids is 1. The summed E-state index contributed by atoms with van der Waals surface area (Å²) in [5, 5.41) is 0. The van der Waals surface area contributed by atoms with E-state index in [4.69, 9.17) is 4.74 Å². The monoisotopic (exact) mass is 305 g/mol. The molecule has 0 spiro atoms. The van der Waals surface area contributed by atoms with Crippen molar-refractivity contribution in [3.05, 3.63) is 90.0 Å². The molecule has 0 atom stereocenters. The van der Waals surface area contributed by atoms with E-state index < -0.39 is 5.97 Å². The third kappa shape index (κ3) is 3.80. The van der Waals surface area contributed by atoms with Gasteiger partial charge in [0.25, 0.3) is 0 Å². The molecule has 2 aromatic carbocycles. The molecule has 0 saturated heterocycles. The number of hydrogen-bond donors (Lipinski definition) is 0. The van der Waals surface area contributed by atoms with Crippen LogP contribution < -0.4 is 9.30 Å². The standard InChI is InChI=1S/C19H17N2O2/c1-15-6-5-9-17(12-15)23-19(22)18-13-20-10-11-21(18)14-16-7-3-2-4-8-16/h2-13H,14H2,1H3/q+1. The number of carbonyl (C=O) groups is 1. The maximum absolute atomic E-state index is 12.5. The van der Waals surface area contributed by atoms with Crippen molar-refractivity contribution in [1.29, 1.82) is 0 Å². The largest absolute Gasteiger partial charge is 0.419 e. The molecule has 1 aromatic heterocycles. The summed E-state index contributed by atoms with van der Waals surface area (Å²) in [5.74, 6) is 0.116. The number of rotatable bonds is 4. The second kappa shape index (κ2) is 6.83. The zero-order valence-electron chi connectivity index (χ0n) is 12.8. The van der Waals surface area contributed by atoms with Gasteiger partial charge in [0.05, 0.1) is 6.20 Å². The Morgan fingerprint density at radius 2 is 1.96 bits per heavy atom. The topological polar surface area (TPSA) is 43.1 Å². The van der Waals surface area contributed by atoms with Crippen molar-refractivity contribution in [2.75, 3.05) is 0 Å². The highest BCUT2D eigenvalue weighted by atomic mass is 16.5. The molecular formula is C19H17N2O2+. The van der Waals surface area contributed by atoms with Gasteiger partial charge in [0, 0.05) is 5.56 Å². The Labute approximate surface area is 135 Å². The van der Waals surface area contributed by atoms with Crippen molar-refractivity contribution in [3.8, 4) is 5.75 Å². The van der Waals surface area contributed by atoms with Gasteiger partial charge < -0.3 is 4.74 Å². The summed E-state index contributed by atoms with van der Waals surface area (Å²) in [6.07, 6.45) is 4.97. The Bertz CT molecular complexity index is 816. The molecule has 4 nitrogen and oxygen atoms in total. The predicted octanol–water partition coefficient (Wildman–Crippen LogP) is 2.95. The van der Waals surface area contributed by atoms with Crippen LogP contribution in [0.1, 0.15) is 21.6 Å². The van der Waals surface area contributed by atoms with Crippen molar-refractivity contribution >= 4 is 5.97 Å². The van der Waals surface area contributed by atoms with E-state index >= 15 is 0 Å². The average molecular weight is 305 g/mol. The fraction of sp³-hybridized carbons (Fsp3) is 0.105.